The molecule has 7 heteroatoms. The van der Waals surface area contributed by atoms with Crippen molar-refractivity contribution >= 4 is 11.9 Å². The van der Waals surface area contributed by atoms with E-state index in [9.17, 15) is 9.59 Å². The quantitative estimate of drug-likeness (QED) is 0.339. The number of aryl methyl sites for hydroxylation is 1. The van der Waals surface area contributed by atoms with Gasteiger partial charge in [0.05, 0.1) is 13.7 Å². The number of carbonyl (C=O) groups is 2. The highest BCUT2D eigenvalue weighted by Gasteiger charge is 2.57. The van der Waals surface area contributed by atoms with E-state index in [1.807, 2.05) is 18.2 Å². The second-order valence-electron chi connectivity index (χ2n) is 10.4. The summed E-state index contributed by atoms with van der Waals surface area (Å²) in [5, 5.41) is 0. The van der Waals surface area contributed by atoms with Crippen LogP contribution in [-0.2, 0) is 16.0 Å². The molecule has 7 nitrogen and oxygen atoms in total. The van der Waals surface area contributed by atoms with Gasteiger partial charge in [0.25, 0.3) is 5.91 Å². The Morgan fingerprint density at radius 1 is 1.08 bits per heavy atom. The molecular formula is C29H41N3O4. The first-order chi connectivity index (χ1) is 17.5. The zero-order valence-electron chi connectivity index (χ0n) is 22.1. The van der Waals surface area contributed by atoms with Crippen LogP contribution in [-0.4, -0.2) is 85.7 Å². The summed E-state index contributed by atoms with van der Waals surface area (Å²) in [6, 6.07) is 7.91. The van der Waals surface area contributed by atoms with Crippen LogP contribution in [0.2, 0.25) is 0 Å². The number of benzene rings is 1. The lowest BCUT2D eigenvalue weighted by Gasteiger charge is -2.42. The molecule has 36 heavy (non-hydrogen) atoms. The molecule has 4 rings (SSSR count). The van der Waals surface area contributed by atoms with Crippen LogP contribution in [0.25, 0.3) is 0 Å². The molecule has 1 atom stereocenters. The third kappa shape index (κ3) is 5.84. The number of nitrogens with zero attached hydrogens (tertiary/aromatic N) is 3. The third-order valence-corrected chi connectivity index (χ3v) is 7.85. The van der Waals surface area contributed by atoms with Gasteiger partial charge in [-0.15, -0.1) is 0 Å². The predicted molar refractivity (Wildman–Crippen MR) is 141 cm³/mol. The van der Waals surface area contributed by atoms with Crippen LogP contribution < -0.4 is 4.74 Å². The summed E-state index contributed by atoms with van der Waals surface area (Å²) in [5.74, 6) is 1.44. The predicted octanol–water partition coefficient (Wildman–Crippen LogP) is 4.29. The molecule has 2 aliphatic heterocycles. The zero-order valence-corrected chi connectivity index (χ0v) is 22.1. The highest BCUT2D eigenvalue weighted by Crippen LogP contribution is 2.37. The van der Waals surface area contributed by atoms with Crippen molar-refractivity contribution in [3.05, 3.63) is 53.6 Å². The van der Waals surface area contributed by atoms with Gasteiger partial charge in [0, 0.05) is 39.8 Å². The van der Waals surface area contributed by atoms with Gasteiger partial charge in [-0.3, -0.25) is 14.6 Å². The van der Waals surface area contributed by atoms with E-state index in [-0.39, 0.29) is 11.9 Å². The van der Waals surface area contributed by atoms with E-state index in [1.165, 1.54) is 16.0 Å². The van der Waals surface area contributed by atoms with Crippen molar-refractivity contribution in [1.82, 2.24) is 14.7 Å². The third-order valence-electron chi connectivity index (χ3n) is 7.85. The Balaban J connectivity index is 1.35. The van der Waals surface area contributed by atoms with Crippen LogP contribution in [0, 0.1) is 5.92 Å². The maximum absolute atomic E-state index is 13.7. The van der Waals surface area contributed by atoms with E-state index in [1.54, 1.807) is 19.1 Å². The Labute approximate surface area is 215 Å². The molecule has 1 aromatic rings. The number of hydrogen-bond acceptors (Lipinski definition) is 5. The lowest BCUT2D eigenvalue weighted by Crippen LogP contribution is -2.57. The summed E-state index contributed by atoms with van der Waals surface area (Å²) >= 11 is 0. The molecule has 3 aliphatic rings. The SMILES string of the molecule is COCCN1C(=O)N(CCCCc2cccc(OC)c2)C(=O)C12CCN(CC1=CCC(C)C=C1)CC2. The summed E-state index contributed by atoms with van der Waals surface area (Å²) in [4.78, 5) is 32.8. The Bertz CT molecular complexity index is 980. The summed E-state index contributed by atoms with van der Waals surface area (Å²) in [7, 11) is 3.31. The van der Waals surface area contributed by atoms with Gasteiger partial charge < -0.3 is 14.4 Å². The van der Waals surface area contributed by atoms with Crippen molar-refractivity contribution in [1.29, 1.82) is 0 Å². The standard InChI is InChI=1S/C29H41N3O4/c1-23-10-12-25(13-11-23)22-30-17-14-29(15-18-30)27(33)31(28(34)32(29)19-20-35-2)16-5-4-7-24-8-6-9-26(21-24)36-3/h6,8-10,12-13,21,23H,4-5,7,11,14-20,22H2,1-3H3. The zero-order chi connectivity index (χ0) is 25.5. The van der Waals surface area contributed by atoms with Crippen LogP contribution in [0.15, 0.2) is 48.1 Å². The second-order valence-corrected chi connectivity index (χ2v) is 10.4. The number of carbonyl (C=O) groups excluding carboxylic acids is 2. The van der Waals surface area contributed by atoms with Crippen molar-refractivity contribution < 1.29 is 19.1 Å². The van der Waals surface area contributed by atoms with Gasteiger partial charge in [0.1, 0.15) is 11.3 Å². The van der Waals surface area contributed by atoms with Gasteiger partial charge in [-0.25, -0.2) is 4.79 Å². The molecule has 1 aliphatic carbocycles. The van der Waals surface area contributed by atoms with Crippen LogP contribution in [0.4, 0.5) is 4.79 Å². The minimum atomic E-state index is -0.732. The van der Waals surface area contributed by atoms with Gasteiger partial charge in [0.15, 0.2) is 0 Å². The minimum Gasteiger partial charge on any atom is -0.497 e. The van der Waals surface area contributed by atoms with Gasteiger partial charge in [-0.05, 0) is 67.7 Å². The fourth-order valence-electron chi connectivity index (χ4n) is 5.61. The van der Waals surface area contributed by atoms with Gasteiger partial charge in [-0.2, -0.15) is 0 Å². The van der Waals surface area contributed by atoms with Gasteiger partial charge in [-0.1, -0.05) is 37.3 Å². The topological polar surface area (TPSA) is 62.3 Å². The molecule has 0 bridgehead atoms. The Hall–Kier alpha value is -2.64. The molecule has 196 valence electrons. The van der Waals surface area contributed by atoms with Crippen molar-refractivity contribution in [2.45, 2.75) is 51.0 Å². The smallest absolute Gasteiger partial charge is 0.327 e. The molecule has 1 spiro atoms. The first kappa shape index (κ1) is 26.4. The molecule has 0 N–H and O–H groups in total. The van der Waals surface area contributed by atoms with Crippen molar-refractivity contribution in [2.24, 2.45) is 5.92 Å². The highest BCUT2D eigenvalue weighted by atomic mass is 16.5. The number of urea groups is 1. The number of rotatable bonds is 11. The fourth-order valence-corrected chi connectivity index (χ4v) is 5.61. The van der Waals surface area contributed by atoms with Crippen molar-refractivity contribution in [3.8, 4) is 5.75 Å². The number of ether oxygens (including phenoxy) is 2. The Morgan fingerprint density at radius 3 is 2.58 bits per heavy atom. The summed E-state index contributed by atoms with van der Waals surface area (Å²) in [6.45, 7) is 6.12. The van der Waals surface area contributed by atoms with Crippen molar-refractivity contribution in [2.75, 3.05) is 53.6 Å². The highest BCUT2D eigenvalue weighted by molar-refractivity contribution is 6.07. The van der Waals surface area contributed by atoms with Crippen molar-refractivity contribution in [3.63, 3.8) is 0 Å². The Morgan fingerprint density at radius 2 is 1.89 bits per heavy atom. The van der Waals surface area contributed by atoms with Crippen LogP contribution in [0.5, 0.6) is 5.75 Å². The molecule has 3 amide bonds. The van der Waals surface area contributed by atoms with Gasteiger partial charge in [0.2, 0.25) is 0 Å². The molecule has 0 radical (unpaired) electrons. The molecule has 0 aromatic heterocycles. The lowest BCUT2D eigenvalue weighted by molar-refractivity contribution is -0.135. The van der Waals surface area contributed by atoms with E-state index in [4.69, 9.17) is 9.47 Å². The maximum atomic E-state index is 13.7. The Kier molecular flexibility index (Phi) is 8.86. The number of methoxy groups -OCH3 is 2. The van der Waals surface area contributed by atoms with E-state index >= 15 is 0 Å². The van der Waals surface area contributed by atoms with Crippen LogP contribution in [0.3, 0.4) is 0 Å². The summed E-state index contributed by atoms with van der Waals surface area (Å²) < 4.78 is 10.6. The van der Waals surface area contributed by atoms with E-state index < -0.39 is 5.54 Å². The van der Waals surface area contributed by atoms with E-state index in [0.29, 0.717) is 38.5 Å². The first-order valence-electron chi connectivity index (χ1n) is 13.3. The monoisotopic (exact) mass is 495 g/mol. The molecule has 2 fully saturated rings. The lowest BCUT2D eigenvalue weighted by atomic mass is 9.85. The number of unbranched alkanes of at least 4 members (excludes halogenated alkanes) is 1. The minimum absolute atomic E-state index is 0.0183. The molecule has 0 saturated carbocycles. The second kappa shape index (κ2) is 12.1. The maximum Gasteiger partial charge on any atom is 0.327 e. The van der Waals surface area contributed by atoms with Crippen LogP contribution >= 0.6 is 0 Å². The normalized spacial score (nSPS) is 22.0. The summed E-state index contributed by atoms with van der Waals surface area (Å²) in [5.41, 5.74) is 1.83. The average molecular weight is 496 g/mol. The largest absolute Gasteiger partial charge is 0.497 e. The summed E-state index contributed by atoms with van der Waals surface area (Å²) in [6.07, 6.45) is 11.9. The molecule has 1 aromatic carbocycles. The number of imide groups is 1. The molecule has 1 unspecified atom stereocenters. The number of likely N-dealkylation sites (tertiary alicyclic amines) is 1. The number of allylic oxidation sites excluding steroid dienone is 2. The van der Waals surface area contributed by atoms with Gasteiger partial charge >= 0.3 is 6.03 Å². The molecule has 2 saturated heterocycles. The molecular weight excluding hydrogens is 454 g/mol. The fraction of sp³-hybridized carbons (Fsp3) is 0.586. The first-order valence-corrected chi connectivity index (χ1v) is 13.3. The molecule has 2 heterocycles. The number of piperidine rings is 1. The van der Waals surface area contributed by atoms with Crippen LogP contribution in [0.1, 0.15) is 44.6 Å². The number of amides is 3. The average Bonchev–Trinajstić information content (AvgIpc) is 3.08. The van der Waals surface area contributed by atoms with E-state index in [0.717, 1.165) is 51.1 Å². The number of hydrogen-bond donors (Lipinski definition) is 0. The van der Waals surface area contributed by atoms with E-state index in [2.05, 4.69) is 36.1 Å².